The summed E-state index contributed by atoms with van der Waals surface area (Å²) in [4.78, 5) is 28.6. The van der Waals surface area contributed by atoms with Crippen LogP contribution in [0.15, 0.2) is 35.3 Å². The van der Waals surface area contributed by atoms with Crippen LogP contribution in [0.3, 0.4) is 0 Å². The Morgan fingerprint density at radius 2 is 2.19 bits per heavy atom. The van der Waals surface area contributed by atoms with Gasteiger partial charge in [0, 0.05) is 45.0 Å². The van der Waals surface area contributed by atoms with Crippen molar-refractivity contribution in [2.45, 2.75) is 45.3 Å². The molecule has 7 heteroatoms. The van der Waals surface area contributed by atoms with Crippen LogP contribution in [-0.2, 0) is 22.7 Å². The lowest BCUT2D eigenvalue weighted by molar-refractivity contribution is -0.135. The molecule has 0 radical (unpaired) electrons. The van der Waals surface area contributed by atoms with Crippen molar-refractivity contribution in [3.05, 3.63) is 40.8 Å². The van der Waals surface area contributed by atoms with Crippen LogP contribution in [0.4, 0.5) is 0 Å². The molecule has 1 atom stereocenters. The minimum Gasteiger partial charge on any atom is -0.341 e. The summed E-state index contributed by atoms with van der Waals surface area (Å²) in [6, 6.07) is 4.24. The molecule has 26 heavy (non-hydrogen) atoms. The van der Waals surface area contributed by atoms with Gasteiger partial charge in [-0.15, -0.1) is 0 Å². The molecule has 2 aromatic heterocycles. The molecule has 1 saturated heterocycles. The molecule has 138 valence electrons. The van der Waals surface area contributed by atoms with Gasteiger partial charge in [0.1, 0.15) is 6.54 Å². The summed E-state index contributed by atoms with van der Waals surface area (Å²) in [5.74, 6) is 0.276. The zero-order chi connectivity index (χ0) is 18.1. The number of aromatic nitrogens is 2. The first kappa shape index (κ1) is 17.3. The van der Waals surface area contributed by atoms with E-state index in [4.69, 9.17) is 0 Å². The topological polar surface area (TPSA) is 58.4 Å². The molecular weight excluding hydrogens is 348 g/mol. The molecule has 1 aliphatic carbocycles. The fourth-order valence-electron chi connectivity index (χ4n) is 4.16. The number of likely N-dealkylation sites (tertiary alicyclic amines) is 1. The van der Waals surface area contributed by atoms with Crippen molar-refractivity contribution < 1.29 is 9.59 Å². The average molecular weight is 372 g/mol. The van der Waals surface area contributed by atoms with Gasteiger partial charge in [-0.25, -0.2) is 0 Å². The molecule has 2 fully saturated rings. The van der Waals surface area contributed by atoms with Gasteiger partial charge in [0.25, 0.3) is 0 Å². The summed E-state index contributed by atoms with van der Waals surface area (Å²) >= 11 is 1.67. The van der Waals surface area contributed by atoms with Crippen LogP contribution in [0.1, 0.15) is 31.7 Å². The van der Waals surface area contributed by atoms with E-state index in [9.17, 15) is 9.59 Å². The van der Waals surface area contributed by atoms with E-state index < -0.39 is 0 Å². The second-order valence-corrected chi connectivity index (χ2v) is 8.23. The first-order valence-electron chi connectivity index (χ1n) is 9.11. The third-order valence-corrected chi connectivity index (χ3v) is 6.56. The maximum Gasteiger partial charge on any atom is 0.244 e. The number of thiophene rings is 1. The van der Waals surface area contributed by atoms with Crippen LogP contribution < -0.4 is 0 Å². The Hall–Kier alpha value is -2.15. The van der Waals surface area contributed by atoms with Crippen molar-refractivity contribution in [3.63, 3.8) is 0 Å². The predicted octanol–water partition coefficient (Wildman–Crippen LogP) is 2.37. The van der Waals surface area contributed by atoms with Crippen molar-refractivity contribution in [2.24, 2.45) is 5.41 Å². The minimum absolute atomic E-state index is 0.127. The lowest BCUT2D eigenvalue weighted by atomic mass is 9.92. The maximum absolute atomic E-state index is 12.4. The molecule has 0 bridgehead atoms. The maximum atomic E-state index is 12.4. The van der Waals surface area contributed by atoms with Gasteiger partial charge in [0.15, 0.2) is 0 Å². The largest absolute Gasteiger partial charge is 0.341 e. The second-order valence-electron chi connectivity index (χ2n) is 7.45. The molecule has 0 N–H and O–H groups in total. The molecule has 3 heterocycles. The van der Waals surface area contributed by atoms with Crippen molar-refractivity contribution in [3.8, 4) is 0 Å². The summed E-state index contributed by atoms with van der Waals surface area (Å²) in [5.41, 5.74) is 1.42. The van der Waals surface area contributed by atoms with Gasteiger partial charge in [-0.3, -0.25) is 14.3 Å². The Kier molecular flexibility index (Phi) is 4.56. The van der Waals surface area contributed by atoms with Crippen molar-refractivity contribution in [2.75, 3.05) is 13.1 Å². The molecule has 1 spiro atoms. The minimum atomic E-state index is 0.127. The zero-order valence-corrected chi connectivity index (χ0v) is 15.8. The molecule has 2 amide bonds. The van der Waals surface area contributed by atoms with Gasteiger partial charge < -0.3 is 9.80 Å². The van der Waals surface area contributed by atoms with E-state index in [1.165, 1.54) is 5.56 Å². The number of hydrogen-bond acceptors (Lipinski definition) is 4. The van der Waals surface area contributed by atoms with E-state index in [-0.39, 0.29) is 17.2 Å². The fourth-order valence-corrected chi connectivity index (χ4v) is 4.82. The molecule has 0 aromatic carbocycles. The van der Waals surface area contributed by atoms with Gasteiger partial charge >= 0.3 is 0 Å². The van der Waals surface area contributed by atoms with Gasteiger partial charge in [0.2, 0.25) is 11.8 Å². The number of nitrogens with zero attached hydrogens (tertiary/aromatic N) is 4. The molecule has 1 aliphatic heterocycles. The molecule has 6 nitrogen and oxygen atoms in total. The smallest absolute Gasteiger partial charge is 0.244 e. The molecular formula is C19H24N4O2S. The van der Waals surface area contributed by atoms with Crippen LogP contribution in [-0.4, -0.2) is 50.5 Å². The fraction of sp³-hybridized carbons (Fsp3) is 0.526. The molecule has 4 rings (SSSR count). The highest BCUT2D eigenvalue weighted by molar-refractivity contribution is 7.07. The SMILES string of the molecule is CC(=O)N(Cc1ccsc1)[C@@H]1CC12CCN(C(=O)Cn1cccn1)CC2. The molecule has 2 aliphatic rings. The lowest BCUT2D eigenvalue weighted by Gasteiger charge is -2.34. The Labute approximate surface area is 157 Å². The Morgan fingerprint density at radius 3 is 2.81 bits per heavy atom. The normalized spacial score (nSPS) is 21.0. The molecule has 2 aromatic rings. The average Bonchev–Trinajstić information content (AvgIpc) is 3.05. The second kappa shape index (κ2) is 6.87. The van der Waals surface area contributed by atoms with Gasteiger partial charge in [0.05, 0.1) is 0 Å². The van der Waals surface area contributed by atoms with Crippen molar-refractivity contribution in [1.82, 2.24) is 19.6 Å². The third kappa shape index (κ3) is 3.40. The van der Waals surface area contributed by atoms with E-state index in [1.54, 1.807) is 29.1 Å². The first-order chi connectivity index (χ1) is 12.6. The number of hydrogen-bond donors (Lipinski definition) is 0. The highest BCUT2D eigenvalue weighted by atomic mass is 32.1. The van der Waals surface area contributed by atoms with Crippen LogP contribution in [0.5, 0.6) is 0 Å². The van der Waals surface area contributed by atoms with E-state index in [2.05, 4.69) is 21.9 Å². The van der Waals surface area contributed by atoms with Crippen LogP contribution >= 0.6 is 11.3 Å². The first-order valence-corrected chi connectivity index (χ1v) is 10.1. The van der Waals surface area contributed by atoms with E-state index in [1.807, 2.05) is 22.1 Å². The van der Waals surface area contributed by atoms with Gasteiger partial charge in [-0.1, -0.05) is 0 Å². The summed E-state index contributed by atoms with van der Waals surface area (Å²) in [6.07, 6.45) is 6.54. The number of rotatable bonds is 5. The summed E-state index contributed by atoms with van der Waals surface area (Å²) < 4.78 is 1.67. The Morgan fingerprint density at radius 1 is 1.38 bits per heavy atom. The third-order valence-electron chi connectivity index (χ3n) is 5.83. The van der Waals surface area contributed by atoms with E-state index in [0.717, 1.165) is 32.4 Å². The Balaban J connectivity index is 1.34. The lowest BCUT2D eigenvalue weighted by Crippen LogP contribution is -2.43. The number of carbonyl (C=O) groups is 2. The summed E-state index contributed by atoms with van der Waals surface area (Å²) in [6.45, 7) is 4.23. The summed E-state index contributed by atoms with van der Waals surface area (Å²) in [5, 5.41) is 8.28. The van der Waals surface area contributed by atoms with Crippen LogP contribution in [0.2, 0.25) is 0 Å². The number of carbonyl (C=O) groups excluding carboxylic acids is 2. The quantitative estimate of drug-likeness (QED) is 0.810. The number of piperidine rings is 1. The predicted molar refractivity (Wildman–Crippen MR) is 99.4 cm³/mol. The number of amides is 2. The van der Waals surface area contributed by atoms with Crippen LogP contribution in [0.25, 0.3) is 0 Å². The summed E-state index contributed by atoms with van der Waals surface area (Å²) in [7, 11) is 0. The van der Waals surface area contributed by atoms with E-state index in [0.29, 0.717) is 19.1 Å². The van der Waals surface area contributed by atoms with Crippen LogP contribution in [0, 0.1) is 5.41 Å². The highest BCUT2D eigenvalue weighted by Crippen LogP contribution is 2.57. The standard InChI is InChI=1S/C19H24N4O2S/c1-15(24)23(12-16-3-10-26-14-16)17-11-19(17)4-8-21(9-5-19)18(25)13-22-7-2-6-20-22/h2-3,6-7,10,14,17H,4-5,8-9,11-13H2,1H3/t17-/m1/s1. The zero-order valence-electron chi connectivity index (χ0n) is 15.0. The monoisotopic (exact) mass is 372 g/mol. The van der Waals surface area contributed by atoms with Crippen molar-refractivity contribution >= 4 is 23.2 Å². The Bertz CT molecular complexity index is 764. The van der Waals surface area contributed by atoms with Gasteiger partial charge in [-0.05, 0) is 53.1 Å². The van der Waals surface area contributed by atoms with Gasteiger partial charge in [-0.2, -0.15) is 16.4 Å². The van der Waals surface area contributed by atoms with Crippen molar-refractivity contribution in [1.29, 1.82) is 0 Å². The highest BCUT2D eigenvalue weighted by Gasteiger charge is 2.58. The molecule has 0 unspecified atom stereocenters. The van der Waals surface area contributed by atoms with E-state index >= 15 is 0 Å². The molecule has 1 saturated carbocycles.